The van der Waals surface area contributed by atoms with E-state index in [2.05, 4.69) is 18.8 Å². The minimum absolute atomic E-state index is 0.0800. The first kappa shape index (κ1) is 15.6. The molecule has 19 heavy (non-hydrogen) atoms. The Bertz CT molecular complexity index is 429. The number of nitrogen functional groups attached to an aromatic ring is 1. The summed E-state index contributed by atoms with van der Waals surface area (Å²) in [6.45, 7) is 6.93. The van der Waals surface area contributed by atoms with Crippen LogP contribution < -0.4 is 11.5 Å². The quantitative estimate of drug-likeness (QED) is 0.741. The molecule has 1 atom stereocenters. The third-order valence-electron chi connectivity index (χ3n) is 3.58. The van der Waals surface area contributed by atoms with Crippen LogP contribution in [0.25, 0.3) is 0 Å². The van der Waals surface area contributed by atoms with Crippen LogP contribution in [0.1, 0.15) is 49.0 Å². The molecule has 0 bridgehead atoms. The fraction of sp³-hybridized carbons (Fsp3) is 0.600. The van der Waals surface area contributed by atoms with Gasteiger partial charge in [0, 0.05) is 12.6 Å². The van der Waals surface area contributed by atoms with Crippen molar-refractivity contribution in [3.63, 3.8) is 0 Å². The standard InChI is InChI=1S/C15H25N3O/c1-10(2)12(6-7-16)4-5-14(19)13-8-11(3)9-18-15(13)17/h8-10,12H,4-7,16H2,1-3H3,(H2,17,18). The molecule has 1 heterocycles. The molecule has 0 radical (unpaired) electrons. The molecule has 1 aromatic rings. The molecule has 0 aliphatic rings. The second-order valence-electron chi connectivity index (χ2n) is 5.49. The maximum absolute atomic E-state index is 12.2. The number of nitrogens with two attached hydrogens (primary N) is 2. The Balaban J connectivity index is 2.66. The van der Waals surface area contributed by atoms with Gasteiger partial charge in [-0.05, 0) is 49.8 Å². The molecule has 1 aromatic heterocycles. The van der Waals surface area contributed by atoms with Crippen LogP contribution in [-0.4, -0.2) is 17.3 Å². The van der Waals surface area contributed by atoms with Crippen molar-refractivity contribution in [2.45, 2.75) is 40.0 Å². The van der Waals surface area contributed by atoms with E-state index in [0.29, 0.717) is 36.2 Å². The van der Waals surface area contributed by atoms with E-state index in [-0.39, 0.29) is 5.78 Å². The van der Waals surface area contributed by atoms with Gasteiger partial charge in [0.25, 0.3) is 0 Å². The number of aromatic nitrogens is 1. The number of anilines is 1. The topological polar surface area (TPSA) is 82.0 Å². The van der Waals surface area contributed by atoms with Crippen molar-refractivity contribution >= 4 is 11.6 Å². The summed E-state index contributed by atoms with van der Waals surface area (Å²) in [4.78, 5) is 16.2. The first-order valence-corrected chi connectivity index (χ1v) is 6.91. The first-order valence-electron chi connectivity index (χ1n) is 6.91. The summed E-state index contributed by atoms with van der Waals surface area (Å²) in [5.41, 5.74) is 12.9. The second-order valence-corrected chi connectivity index (χ2v) is 5.49. The van der Waals surface area contributed by atoms with Crippen LogP contribution in [0.5, 0.6) is 0 Å². The van der Waals surface area contributed by atoms with E-state index in [4.69, 9.17) is 11.5 Å². The Morgan fingerprint density at radius 1 is 1.37 bits per heavy atom. The predicted molar refractivity (Wildman–Crippen MR) is 79.0 cm³/mol. The number of carbonyl (C=O) groups excluding carboxylic acids is 1. The Kier molecular flexibility index (Phi) is 5.96. The molecule has 0 fully saturated rings. The lowest BCUT2D eigenvalue weighted by Gasteiger charge is -2.19. The van der Waals surface area contributed by atoms with Gasteiger partial charge in [0.2, 0.25) is 0 Å². The van der Waals surface area contributed by atoms with Gasteiger partial charge in [-0.1, -0.05) is 13.8 Å². The van der Waals surface area contributed by atoms with E-state index < -0.39 is 0 Å². The molecule has 0 aromatic carbocycles. The zero-order valence-electron chi connectivity index (χ0n) is 12.1. The second kappa shape index (κ2) is 7.24. The fourth-order valence-electron chi connectivity index (χ4n) is 2.28. The number of rotatable bonds is 7. The summed E-state index contributed by atoms with van der Waals surface area (Å²) in [6.07, 6.45) is 4.02. The molecule has 0 spiro atoms. The van der Waals surface area contributed by atoms with Crippen LogP contribution >= 0.6 is 0 Å². The van der Waals surface area contributed by atoms with Crippen LogP contribution in [0.3, 0.4) is 0 Å². The molecule has 4 nitrogen and oxygen atoms in total. The van der Waals surface area contributed by atoms with Gasteiger partial charge in [-0.2, -0.15) is 0 Å². The average Bonchev–Trinajstić information content (AvgIpc) is 2.36. The monoisotopic (exact) mass is 263 g/mol. The Labute approximate surface area is 115 Å². The van der Waals surface area contributed by atoms with E-state index >= 15 is 0 Å². The molecule has 0 aliphatic heterocycles. The van der Waals surface area contributed by atoms with Crippen LogP contribution in [0.4, 0.5) is 5.82 Å². The van der Waals surface area contributed by atoms with Crippen molar-refractivity contribution < 1.29 is 4.79 Å². The number of carbonyl (C=O) groups is 1. The minimum Gasteiger partial charge on any atom is -0.383 e. The van der Waals surface area contributed by atoms with E-state index in [1.165, 1.54) is 0 Å². The molecule has 0 saturated heterocycles. The van der Waals surface area contributed by atoms with E-state index in [1.54, 1.807) is 6.20 Å². The third kappa shape index (κ3) is 4.63. The molecule has 1 rings (SSSR count). The maximum Gasteiger partial charge on any atom is 0.166 e. The first-order chi connectivity index (χ1) is 8.95. The van der Waals surface area contributed by atoms with Gasteiger partial charge >= 0.3 is 0 Å². The molecule has 4 heteroatoms. The van der Waals surface area contributed by atoms with Crippen LogP contribution in [0.15, 0.2) is 12.3 Å². The molecule has 4 N–H and O–H groups in total. The Morgan fingerprint density at radius 2 is 2.05 bits per heavy atom. The smallest absolute Gasteiger partial charge is 0.166 e. The lowest BCUT2D eigenvalue weighted by Crippen LogP contribution is -2.16. The van der Waals surface area contributed by atoms with Crippen molar-refractivity contribution in [2.75, 3.05) is 12.3 Å². The number of ketones is 1. The number of pyridine rings is 1. The number of hydrogen-bond donors (Lipinski definition) is 2. The SMILES string of the molecule is Cc1cnc(N)c(C(=O)CCC(CCN)C(C)C)c1. The maximum atomic E-state index is 12.2. The highest BCUT2D eigenvalue weighted by atomic mass is 16.1. The average molecular weight is 263 g/mol. The zero-order valence-corrected chi connectivity index (χ0v) is 12.1. The van der Waals surface area contributed by atoms with Gasteiger partial charge in [0.1, 0.15) is 5.82 Å². The van der Waals surface area contributed by atoms with Crippen molar-refractivity contribution in [1.82, 2.24) is 4.98 Å². The molecular weight excluding hydrogens is 238 g/mol. The summed E-state index contributed by atoms with van der Waals surface area (Å²) in [5, 5.41) is 0. The van der Waals surface area contributed by atoms with E-state index in [1.807, 2.05) is 13.0 Å². The molecule has 0 aliphatic carbocycles. The van der Waals surface area contributed by atoms with Crippen LogP contribution in [0, 0.1) is 18.8 Å². The van der Waals surface area contributed by atoms with Crippen molar-refractivity contribution in [3.05, 3.63) is 23.4 Å². The minimum atomic E-state index is 0.0800. The molecule has 1 unspecified atom stereocenters. The largest absolute Gasteiger partial charge is 0.383 e. The lowest BCUT2D eigenvalue weighted by atomic mass is 9.87. The van der Waals surface area contributed by atoms with Gasteiger partial charge < -0.3 is 11.5 Å². The van der Waals surface area contributed by atoms with Gasteiger partial charge in [-0.15, -0.1) is 0 Å². The number of hydrogen-bond acceptors (Lipinski definition) is 4. The predicted octanol–water partition coefficient (Wildman–Crippen LogP) is 2.56. The summed E-state index contributed by atoms with van der Waals surface area (Å²) < 4.78 is 0. The normalized spacial score (nSPS) is 12.7. The third-order valence-corrected chi connectivity index (χ3v) is 3.58. The number of aryl methyl sites for hydroxylation is 1. The van der Waals surface area contributed by atoms with Crippen molar-refractivity contribution in [2.24, 2.45) is 17.6 Å². The van der Waals surface area contributed by atoms with Gasteiger partial charge in [0.05, 0.1) is 5.56 Å². The van der Waals surface area contributed by atoms with Crippen LogP contribution in [0.2, 0.25) is 0 Å². The fourth-order valence-corrected chi connectivity index (χ4v) is 2.28. The summed E-state index contributed by atoms with van der Waals surface area (Å²) in [6, 6.07) is 1.82. The highest BCUT2D eigenvalue weighted by Crippen LogP contribution is 2.22. The molecule has 0 saturated carbocycles. The molecule has 106 valence electrons. The number of Topliss-reactive ketones (excluding diaryl/α,β-unsaturated/α-hetero) is 1. The zero-order chi connectivity index (χ0) is 14.4. The van der Waals surface area contributed by atoms with Crippen LogP contribution in [-0.2, 0) is 0 Å². The number of nitrogens with zero attached hydrogens (tertiary/aromatic N) is 1. The summed E-state index contributed by atoms with van der Waals surface area (Å²) >= 11 is 0. The summed E-state index contributed by atoms with van der Waals surface area (Å²) in [7, 11) is 0. The van der Waals surface area contributed by atoms with Crippen molar-refractivity contribution in [1.29, 1.82) is 0 Å². The van der Waals surface area contributed by atoms with Gasteiger partial charge in [0.15, 0.2) is 5.78 Å². The van der Waals surface area contributed by atoms with Gasteiger partial charge in [-0.25, -0.2) is 4.98 Å². The van der Waals surface area contributed by atoms with E-state index in [9.17, 15) is 4.79 Å². The molecule has 0 amide bonds. The Morgan fingerprint density at radius 3 is 2.63 bits per heavy atom. The van der Waals surface area contributed by atoms with Gasteiger partial charge in [-0.3, -0.25) is 4.79 Å². The Hall–Kier alpha value is -1.42. The van der Waals surface area contributed by atoms with Crippen molar-refractivity contribution in [3.8, 4) is 0 Å². The summed E-state index contributed by atoms with van der Waals surface area (Å²) in [5.74, 6) is 1.45. The lowest BCUT2D eigenvalue weighted by molar-refractivity contribution is 0.0969. The van der Waals surface area contributed by atoms with E-state index in [0.717, 1.165) is 18.4 Å². The highest BCUT2D eigenvalue weighted by Gasteiger charge is 2.17. The molecular formula is C15H25N3O. The highest BCUT2D eigenvalue weighted by molar-refractivity contribution is 6.00.